The number of hydrogen-bond donors (Lipinski definition) is 1. The molecule has 0 unspecified atom stereocenters. The highest BCUT2D eigenvalue weighted by Gasteiger charge is 2.47. The lowest BCUT2D eigenvalue weighted by Crippen LogP contribution is -2.51. The Morgan fingerprint density at radius 1 is 1.00 bits per heavy atom. The molecular weight excluding hydrogens is 485 g/mol. The van der Waals surface area contributed by atoms with E-state index in [1.165, 1.54) is 15.9 Å². The van der Waals surface area contributed by atoms with Crippen LogP contribution in [0.3, 0.4) is 0 Å². The van der Waals surface area contributed by atoms with Crippen molar-refractivity contribution in [3.8, 4) is 0 Å². The van der Waals surface area contributed by atoms with E-state index >= 15 is 0 Å². The molecule has 2 aromatic carbocycles. The number of hydrogen-bond acceptors (Lipinski definition) is 4. The zero-order valence-corrected chi connectivity index (χ0v) is 21.6. The maximum atomic E-state index is 14.7. The van der Waals surface area contributed by atoms with Crippen LogP contribution in [-0.2, 0) is 32.1 Å². The fourth-order valence-corrected chi connectivity index (χ4v) is 5.17. The number of halogens is 1. The monoisotopic (exact) mass is 519 g/mol. The minimum Gasteiger partial charge on any atom is -0.354 e. The van der Waals surface area contributed by atoms with Crippen molar-refractivity contribution in [2.75, 3.05) is 13.1 Å². The molecular formula is C30H34FN3O4. The van der Waals surface area contributed by atoms with Crippen LogP contribution in [0.25, 0.3) is 0 Å². The zero-order valence-electron chi connectivity index (χ0n) is 21.6. The molecule has 38 heavy (non-hydrogen) atoms. The van der Waals surface area contributed by atoms with Crippen molar-refractivity contribution in [1.82, 2.24) is 15.1 Å². The number of likely N-dealkylation sites (tertiary alicyclic amines) is 1. The van der Waals surface area contributed by atoms with Gasteiger partial charge in [0.1, 0.15) is 11.9 Å². The van der Waals surface area contributed by atoms with Gasteiger partial charge in [-0.2, -0.15) is 0 Å². The molecule has 1 aliphatic carbocycles. The normalized spacial score (nSPS) is 19.3. The number of amides is 4. The molecule has 0 radical (unpaired) electrons. The third-order valence-electron chi connectivity index (χ3n) is 7.27. The Balaban J connectivity index is 1.58. The summed E-state index contributed by atoms with van der Waals surface area (Å²) in [6.07, 6.45) is 5.70. The van der Waals surface area contributed by atoms with Crippen molar-refractivity contribution in [2.45, 2.75) is 51.6 Å². The van der Waals surface area contributed by atoms with Gasteiger partial charge in [0.05, 0.1) is 11.8 Å². The second-order valence-electron chi connectivity index (χ2n) is 9.84. The van der Waals surface area contributed by atoms with Gasteiger partial charge in [-0.1, -0.05) is 67.6 Å². The third-order valence-corrected chi connectivity index (χ3v) is 7.27. The van der Waals surface area contributed by atoms with Gasteiger partial charge in [-0.3, -0.25) is 24.1 Å². The van der Waals surface area contributed by atoms with E-state index in [-0.39, 0.29) is 61.1 Å². The van der Waals surface area contributed by atoms with E-state index < -0.39 is 17.8 Å². The maximum Gasteiger partial charge on any atom is 0.243 e. The van der Waals surface area contributed by atoms with Gasteiger partial charge in [0.15, 0.2) is 0 Å². The van der Waals surface area contributed by atoms with Gasteiger partial charge < -0.3 is 10.2 Å². The van der Waals surface area contributed by atoms with Crippen molar-refractivity contribution < 1.29 is 23.6 Å². The van der Waals surface area contributed by atoms with Crippen molar-refractivity contribution in [1.29, 1.82) is 0 Å². The molecule has 4 rings (SSSR count). The predicted octanol–water partition coefficient (Wildman–Crippen LogP) is 3.63. The van der Waals surface area contributed by atoms with Gasteiger partial charge in [-0.25, -0.2) is 4.39 Å². The average molecular weight is 520 g/mol. The Bertz CT molecular complexity index is 1170. The molecule has 0 spiro atoms. The smallest absolute Gasteiger partial charge is 0.243 e. The number of allylic oxidation sites excluding steroid dienone is 2. The third kappa shape index (κ3) is 6.18. The van der Waals surface area contributed by atoms with E-state index in [0.717, 1.165) is 12.0 Å². The number of rotatable bonds is 11. The lowest BCUT2D eigenvalue weighted by molar-refractivity contribution is -0.144. The Hall–Kier alpha value is -3.81. The van der Waals surface area contributed by atoms with Crippen molar-refractivity contribution in [3.63, 3.8) is 0 Å². The lowest BCUT2D eigenvalue weighted by Gasteiger charge is -2.32. The molecule has 1 heterocycles. The molecule has 8 heteroatoms. The molecule has 4 amide bonds. The van der Waals surface area contributed by atoms with E-state index in [9.17, 15) is 23.6 Å². The molecule has 0 saturated carbocycles. The molecule has 3 atom stereocenters. The molecule has 1 fully saturated rings. The summed E-state index contributed by atoms with van der Waals surface area (Å²) in [6.45, 7) is 2.21. The molecule has 1 saturated heterocycles. The Kier molecular flexibility index (Phi) is 9.05. The summed E-state index contributed by atoms with van der Waals surface area (Å²) in [5, 5.41) is 2.88. The number of imide groups is 1. The molecule has 2 aromatic rings. The number of fused-ring (bicyclic) bond motifs is 1. The summed E-state index contributed by atoms with van der Waals surface area (Å²) in [4.78, 5) is 55.4. The van der Waals surface area contributed by atoms with E-state index in [0.29, 0.717) is 19.4 Å². The number of nitrogens with zero attached hydrogens (tertiary/aromatic N) is 2. The van der Waals surface area contributed by atoms with Gasteiger partial charge >= 0.3 is 0 Å². The zero-order chi connectivity index (χ0) is 27.1. The fourth-order valence-electron chi connectivity index (χ4n) is 5.17. The van der Waals surface area contributed by atoms with Crippen LogP contribution in [0.5, 0.6) is 0 Å². The van der Waals surface area contributed by atoms with Gasteiger partial charge in [0.25, 0.3) is 0 Å². The molecule has 0 bridgehead atoms. The Morgan fingerprint density at radius 2 is 1.63 bits per heavy atom. The van der Waals surface area contributed by atoms with Crippen LogP contribution in [0.2, 0.25) is 0 Å². The molecule has 7 nitrogen and oxygen atoms in total. The van der Waals surface area contributed by atoms with Crippen LogP contribution in [0.15, 0.2) is 66.7 Å². The predicted molar refractivity (Wildman–Crippen MR) is 141 cm³/mol. The summed E-state index contributed by atoms with van der Waals surface area (Å²) in [5.41, 5.74) is 1.14. The van der Waals surface area contributed by atoms with Gasteiger partial charge in [-0.05, 0) is 30.9 Å². The molecule has 200 valence electrons. The lowest BCUT2D eigenvalue weighted by atomic mass is 9.85. The first kappa shape index (κ1) is 27.2. The second kappa shape index (κ2) is 12.6. The minimum absolute atomic E-state index is 0.0636. The van der Waals surface area contributed by atoms with Crippen molar-refractivity contribution in [3.05, 3.63) is 83.7 Å². The Labute approximate surface area is 222 Å². The first-order valence-corrected chi connectivity index (χ1v) is 13.3. The SMILES string of the molecule is CCCNC(=O)[C@@H](Cc1ccccc1)N(Cc1ccccc1F)C(=O)CCN1C(=O)[C@H]2CC=CC[C@H]2C1=O. The number of carbonyl (C=O) groups excluding carboxylic acids is 4. The quantitative estimate of drug-likeness (QED) is 0.363. The number of nitrogens with one attached hydrogen (secondary N) is 1. The second-order valence-corrected chi connectivity index (χ2v) is 9.84. The van der Waals surface area contributed by atoms with Crippen LogP contribution in [0, 0.1) is 17.7 Å². The Morgan fingerprint density at radius 3 is 2.26 bits per heavy atom. The average Bonchev–Trinajstić information content (AvgIpc) is 3.18. The molecule has 2 aliphatic rings. The fraction of sp³-hybridized carbons (Fsp3) is 0.400. The van der Waals surface area contributed by atoms with Crippen LogP contribution >= 0.6 is 0 Å². The van der Waals surface area contributed by atoms with Crippen molar-refractivity contribution in [2.24, 2.45) is 11.8 Å². The van der Waals surface area contributed by atoms with Crippen LogP contribution < -0.4 is 5.32 Å². The van der Waals surface area contributed by atoms with Crippen molar-refractivity contribution >= 4 is 23.6 Å². The topological polar surface area (TPSA) is 86.8 Å². The first-order valence-electron chi connectivity index (χ1n) is 13.3. The van der Waals surface area contributed by atoms with Crippen LogP contribution in [0.4, 0.5) is 4.39 Å². The maximum absolute atomic E-state index is 14.7. The highest BCUT2D eigenvalue weighted by molar-refractivity contribution is 6.05. The number of benzene rings is 2. The molecule has 1 aliphatic heterocycles. The van der Waals surface area contributed by atoms with Gasteiger partial charge in [0.2, 0.25) is 23.6 Å². The van der Waals surface area contributed by atoms with Gasteiger partial charge in [0, 0.05) is 38.0 Å². The molecule has 0 aromatic heterocycles. The number of carbonyl (C=O) groups is 4. The largest absolute Gasteiger partial charge is 0.354 e. The van der Waals surface area contributed by atoms with E-state index in [2.05, 4.69) is 5.32 Å². The van der Waals surface area contributed by atoms with Crippen LogP contribution in [-0.4, -0.2) is 52.6 Å². The highest BCUT2D eigenvalue weighted by atomic mass is 19.1. The van der Waals surface area contributed by atoms with E-state index in [4.69, 9.17) is 0 Å². The first-order chi connectivity index (χ1) is 18.4. The summed E-state index contributed by atoms with van der Waals surface area (Å²) >= 11 is 0. The standard InChI is InChI=1S/C30H34FN3O4/c1-2-17-32-28(36)26(19-21-10-4-3-5-11-21)34(20-22-12-6-9-15-25(22)31)27(35)16-18-33-29(37)23-13-7-8-14-24(23)30(33)38/h3-12,15,23-24,26H,2,13-14,16-20H2,1H3,(H,32,36)/t23-,24+,26-/m1/s1. The van der Waals surface area contributed by atoms with E-state index in [1.54, 1.807) is 18.2 Å². The van der Waals surface area contributed by atoms with Crippen LogP contribution in [0.1, 0.15) is 43.7 Å². The summed E-state index contributed by atoms with van der Waals surface area (Å²) in [6, 6.07) is 14.6. The summed E-state index contributed by atoms with van der Waals surface area (Å²) in [5.74, 6) is -2.47. The molecule has 1 N–H and O–H groups in total. The summed E-state index contributed by atoms with van der Waals surface area (Å²) in [7, 11) is 0. The van der Waals surface area contributed by atoms with E-state index in [1.807, 2.05) is 49.4 Å². The highest BCUT2D eigenvalue weighted by Crippen LogP contribution is 2.35. The minimum atomic E-state index is -0.896. The summed E-state index contributed by atoms with van der Waals surface area (Å²) < 4.78 is 14.7. The van der Waals surface area contributed by atoms with Gasteiger partial charge in [-0.15, -0.1) is 0 Å².